The molecule has 0 fully saturated rings. The van der Waals surface area contributed by atoms with Crippen molar-refractivity contribution < 1.29 is 4.79 Å². The van der Waals surface area contributed by atoms with Crippen LogP contribution in [0, 0.1) is 0 Å². The van der Waals surface area contributed by atoms with Crippen LogP contribution in [0.25, 0.3) is 10.8 Å². The fourth-order valence-electron chi connectivity index (χ4n) is 1.68. The van der Waals surface area contributed by atoms with Crippen molar-refractivity contribution in [3.63, 3.8) is 0 Å². The molecule has 0 aromatic heterocycles. The minimum Gasteiger partial charge on any atom is -0.385 e. The number of primary amides is 1. The van der Waals surface area contributed by atoms with E-state index in [1.165, 1.54) is 0 Å². The van der Waals surface area contributed by atoms with Crippen LogP contribution in [-0.4, -0.2) is 5.91 Å². The highest BCUT2D eigenvalue weighted by Crippen LogP contribution is 2.23. The molecule has 17 heavy (non-hydrogen) atoms. The Bertz CT molecular complexity index is 585. The van der Waals surface area contributed by atoms with E-state index in [1.807, 2.05) is 42.5 Å². The van der Waals surface area contributed by atoms with Gasteiger partial charge >= 0.3 is 0 Å². The van der Waals surface area contributed by atoms with Gasteiger partial charge in [-0.15, -0.1) is 0 Å². The standard InChI is InChI=1S/C13H13N3O/c14-12(8-13(15)17)16-11-7-3-5-9-4-1-2-6-10(9)11/h1-8,16H,14H2,(H2,15,17). The molecule has 4 nitrogen and oxygen atoms in total. The first-order valence-corrected chi connectivity index (χ1v) is 5.18. The normalized spacial score (nSPS) is 11.4. The molecule has 0 spiro atoms. The number of rotatable bonds is 3. The Morgan fingerprint density at radius 1 is 1.06 bits per heavy atom. The largest absolute Gasteiger partial charge is 0.385 e. The smallest absolute Gasteiger partial charge is 0.245 e. The number of carbonyl (C=O) groups is 1. The number of carbonyl (C=O) groups excluding carboxylic acids is 1. The molecule has 2 aromatic rings. The molecule has 2 rings (SSSR count). The van der Waals surface area contributed by atoms with Crippen molar-refractivity contribution in [2.75, 3.05) is 5.32 Å². The highest BCUT2D eigenvalue weighted by atomic mass is 16.1. The summed E-state index contributed by atoms with van der Waals surface area (Å²) in [6.07, 6.45) is 1.15. The molecule has 0 saturated carbocycles. The molecule has 0 bridgehead atoms. The molecule has 0 atom stereocenters. The molecule has 0 aliphatic heterocycles. The van der Waals surface area contributed by atoms with Crippen molar-refractivity contribution in [3.05, 3.63) is 54.4 Å². The lowest BCUT2D eigenvalue weighted by Crippen LogP contribution is -2.15. The summed E-state index contributed by atoms with van der Waals surface area (Å²) in [5.74, 6) is -0.343. The lowest BCUT2D eigenvalue weighted by molar-refractivity contribution is -0.113. The maximum atomic E-state index is 10.7. The monoisotopic (exact) mass is 227 g/mol. The molecule has 5 N–H and O–H groups in total. The highest BCUT2D eigenvalue weighted by molar-refractivity contribution is 5.95. The van der Waals surface area contributed by atoms with Crippen molar-refractivity contribution in [2.45, 2.75) is 0 Å². The molecule has 0 aliphatic rings. The van der Waals surface area contributed by atoms with E-state index >= 15 is 0 Å². The summed E-state index contributed by atoms with van der Waals surface area (Å²) in [6, 6.07) is 13.7. The number of hydrogen-bond acceptors (Lipinski definition) is 3. The molecular formula is C13H13N3O. The van der Waals surface area contributed by atoms with Gasteiger partial charge in [0.25, 0.3) is 0 Å². The third kappa shape index (κ3) is 2.55. The number of fused-ring (bicyclic) bond motifs is 1. The van der Waals surface area contributed by atoms with Crippen LogP contribution in [0.15, 0.2) is 54.4 Å². The quantitative estimate of drug-likeness (QED) is 0.696. The van der Waals surface area contributed by atoms with Gasteiger partial charge in [0.05, 0.1) is 0 Å². The number of hydrogen-bond donors (Lipinski definition) is 3. The van der Waals surface area contributed by atoms with E-state index < -0.39 is 5.91 Å². The number of anilines is 1. The summed E-state index contributed by atoms with van der Waals surface area (Å²) >= 11 is 0. The Hall–Kier alpha value is -2.49. The van der Waals surface area contributed by atoms with Crippen LogP contribution in [0.2, 0.25) is 0 Å². The Morgan fingerprint density at radius 3 is 2.53 bits per heavy atom. The van der Waals surface area contributed by atoms with Crippen molar-refractivity contribution in [3.8, 4) is 0 Å². The van der Waals surface area contributed by atoms with E-state index in [1.54, 1.807) is 0 Å². The fourth-order valence-corrected chi connectivity index (χ4v) is 1.68. The highest BCUT2D eigenvalue weighted by Gasteiger charge is 2.00. The average Bonchev–Trinajstić information content (AvgIpc) is 2.28. The summed E-state index contributed by atoms with van der Waals surface area (Å²) in [4.78, 5) is 10.7. The zero-order valence-corrected chi connectivity index (χ0v) is 9.18. The summed E-state index contributed by atoms with van der Waals surface area (Å²) in [6.45, 7) is 0. The Morgan fingerprint density at radius 2 is 1.76 bits per heavy atom. The van der Waals surface area contributed by atoms with Crippen LogP contribution in [0.3, 0.4) is 0 Å². The number of benzene rings is 2. The number of nitrogens with two attached hydrogens (primary N) is 2. The van der Waals surface area contributed by atoms with Crippen LogP contribution in [0.5, 0.6) is 0 Å². The molecule has 0 aliphatic carbocycles. The maximum Gasteiger partial charge on any atom is 0.245 e. The molecule has 0 unspecified atom stereocenters. The van der Waals surface area contributed by atoms with Gasteiger partial charge in [-0.05, 0) is 11.5 Å². The molecule has 1 amide bonds. The van der Waals surface area contributed by atoms with Crippen LogP contribution >= 0.6 is 0 Å². The van der Waals surface area contributed by atoms with E-state index in [0.29, 0.717) is 0 Å². The van der Waals surface area contributed by atoms with E-state index in [-0.39, 0.29) is 5.82 Å². The summed E-state index contributed by atoms with van der Waals surface area (Å²) in [5.41, 5.74) is 11.5. The minimum absolute atomic E-state index is 0.230. The topological polar surface area (TPSA) is 81.1 Å². The first-order chi connectivity index (χ1) is 8.16. The second-order valence-electron chi connectivity index (χ2n) is 3.65. The lowest BCUT2D eigenvalue weighted by Gasteiger charge is -2.09. The van der Waals surface area contributed by atoms with Gasteiger partial charge in [0, 0.05) is 17.1 Å². The molecular weight excluding hydrogens is 214 g/mol. The van der Waals surface area contributed by atoms with Crippen LogP contribution in [0.1, 0.15) is 0 Å². The second-order valence-corrected chi connectivity index (χ2v) is 3.65. The van der Waals surface area contributed by atoms with Crippen molar-refractivity contribution in [1.29, 1.82) is 0 Å². The van der Waals surface area contributed by atoms with Crippen molar-refractivity contribution in [1.82, 2.24) is 0 Å². The SMILES string of the molecule is NC(=O)C=C(N)Nc1cccc2ccccc12. The Balaban J connectivity index is 2.39. The molecule has 0 saturated heterocycles. The van der Waals surface area contributed by atoms with E-state index in [2.05, 4.69) is 5.32 Å². The van der Waals surface area contributed by atoms with E-state index in [0.717, 1.165) is 22.5 Å². The van der Waals surface area contributed by atoms with Crippen LogP contribution < -0.4 is 16.8 Å². The fraction of sp³-hybridized carbons (Fsp3) is 0. The molecule has 2 aromatic carbocycles. The molecule has 0 radical (unpaired) electrons. The maximum absolute atomic E-state index is 10.7. The predicted molar refractivity (Wildman–Crippen MR) is 69.0 cm³/mol. The van der Waals surface area contributed by atoms with E-state index in [4.69, 9.17) is 11.5 Å². The predicted octanol–water partition coefficient (Wildman–Crippen LogP) is 1.54. The van der Waals surface area contributed by atoms with E-state index in [9.17, 15) is 4.79 Å². The number of nitrogens with one attached hydrogen (secondary N) is 1. The average molecular weight is 227 g/mol. The lowest BCUT2D eigenvalue weighted by atomic mass is 10.1. The Kier molecular flexibility index (Phi) is 2.96. The Labute approximate surface area is 98.9 Å². The summed E-state index contributed by atoms with van der Waals surface area (Å²) in [5, 5.41) is 5.09. The van der Waals surface area contributed by atoms with Crippen molar-refractivity contribution >= 4 is 22.4 Å². The van der Waals surface area contributed by atoms with Gasteiger partial charge in [0.1, 0.15) is 5.82 Å². The van der Waals surface area contributed by atoms with Gasteiger partial charge in [-0.2, -0.15) is 0 Å². The van der Waals surface area contributed by atoms with Gasteiger partial charge < -0.3 is 16.8 Å². The first-order valence-electron chi connectivity index (χ1n) is 5.18. The number of amides is 1. The third-order valence-electron chi connectivity index (χ3n) is 2.37. The second kappa shape index (κ2) is 4.57. The van der Waals surface area contributed by atoms with Crippen LogP contribution in [0.4, 0.5) is 5.69 Å². The zero-order valence-electron chi connectivity index (χ0n) is 9.18. The first kappa shape index (κ1) is 11.0. The van der Waals surface area contributed by atoms with Gasteiger partial charge in [-0.1, -0.05) is 36.4 Å². The van der Waals surface area contributed by atoms with Gasteiger partial charge in [-0.25, -0.2) is 0 Å². The van der Waals surface area contributed by atoms with Crippen LogP contribution in [-0.2, 0) is 4.79 Å². The molecule has 0 heterocycles. The summed E-state index contributed by atoms with van der Waals surface area (Å²) in [7, 11) is 0. The third-order valence-corrected chi connectivity index (χ3v) is 2.37. The van der Waals surface area contributed by atoms with Gasteiger partial charge in [0.2, 0.25) is 5.91 Å². The molecule has 86 valence electrons. The van der Waals surface area contributed by atoms with Gasteiger partial charge in [0.15, 0.2) is 0 Å². The van der Waals surface area contributed by atoms with Gasteiger partial charge in [-0.3, -0.25) is 4.79 Å². The zero-order chi connectivity index (χ0) is 12.3. The molecule has 4 heteroatoms. The summed E-state index contributed by atoms with van der Waals surface area (Å²) < 4.78 is 0. The minimum atomic E-state index is -0.574. The van der Waals surface area contributed by atoms with Crippen molar-refractivity contribution in [2.24, 2.45) is 11.5 Å².